The molecule has 4 bridgehead atoms. The number of rotatable bonds is 6. The molecule has 2 aromatic carbocycles. The Morgan fingerprint density at radius 2 is 1.45 bits per heavy atom. The second-order valence-electron chi connectivity index (χ2n) is 14.8. The number of anilines is 4. The minimum Gasteiger partial charge on any atom is -0.369 e. The number of piperidine rings is 1. The molecule has 4 aliphatic carbocycles. The normalized spacial score (nSPS) is 31.1. The van der Waals surface area contributed by atoms with Crippen LogP contribution < -0.4 is 31.1 Å². The van der Waals surface area contributed by atoms with E-state index >= 15 is 0 Å². The fourth-order valence-corrected chi connectivity index (χ4v) is 11.9. The van der Waals surface area contributed by atoms with Crippen molar-refractivity contribution >= 4 is 44.7 Å². The minimum absolute atomic E-state index is 0.0562. The molecule has 4 saturated carbocycles. The molecule has 6 fully saturated rings. The van der Waals surface area contributed by atoms with Crippen LogP contribution in [0.15, 0.2) is 48.5 Å². The number of para-hydroxylation sites is 2. The number of nitrogens with one attached hydrogen (secondary N) is 2. The van der Waals surface area contributed by atoms with Gasteiger partial charge in [0.2, 0.25) is 15.9 Å². The van der Waals surface area contributed by atoms with Crippen molar-refractivity contribution in [2.75, 3.05) is 67.1 Å². The molecule has 11 nitrogen and oxygen atoms in total. The topological polar surface area (TPSA) is 131 Å². The fraction of sp³-hybridized carbons (Fsp3) is 0.600. The van der Waals surface area contributed by atoms with E-state index in [-0.39, 0.29) is 28.6 Å². The zero-order valence-electron chi connectivity index (χ0n) is 27.0. The van der Waals surface area contributed by atoms with E-state index in [4.69, 9.17) is 5.73 Å². The van der Waals surface area contributed by atoms with Crippen LogP contribution in [0.2, 0.25) is 0 Å². The van der Waals surface area contributed by atoms with Crippen LogP contribution in [0.1, 0.15) is 44.9 Å². The highest BCUT2D eigenvalue weighted by Crippen LogP contribution is 2.60. The van der Waals surface area contributed by atoms with Crippen LogP contribution in [0.5, 0.6) is 0 Å². The maximum atomic E-state index is 13.9. The molecule has 3 aliphatic heterocycles. The number of urea groups is 1. The standard InChI is InChI=1S/C35H47N7O4S/c36-33(43)35-21-24-19-25(22-35)32(26(20-24)23-35)38-34(44)42-18-17-41(30-3-1-2-4-31(30)42)28-7-5-27(6-8-28)39-13-15-40(16-14-39)47(45,46)29-9-11-37-12-10-29/h1-8,24-26,29,32,37H,9-23H2,(H2,36,43)(H,38,44)/t24?,25-,26+,32?,35?. The molecule has 5 atom stereocenters. The van der Waals surface area contributed by atoms with E-state index < -0.39 is 10.0 Å². The molecule has 47 heavy (non-hydrogen) atoms. The number of fused-ring (bicyclic) bond motifs is 1. The van der Waals surface area contributed by atoms with Gasteiger partial charge in [0.15, 0.2) is 0 Å². The van der Waals surface area contributed by atoms with Crippen LogP contribution in [0.4, 0.5) is 27.5 Å². The molecule has 2 aromatic rings. The number of piperazine rings is 1. The SMILES string of the molecule is NC(=O)C12CC3C[C@H](C1)C(NC(=O)N1CCN(c4ccc(N5CCN(S(=O)(=O)C6CCNCC6)CC5)cc4)c4ccccc41)[C@@H](C3)C2. The number of hydrogen-bond donors (Lipinski definition) is 3. The maximum Gasteiger partial charge on any atom is 0.322 e. The van der Waals surface area contributed by atoms with E-state index in [9.17, 15) is 18.0 Å². The molecule has 252 valence electrons. The van der Waals surface area contributed by atoms with Crippen molar-refractivity contribution in [2.24, 2.45) is 28.9 Å². The number of carbonyl (C=O) groups is 2. The van der Waals surface area contributed by atoms with Gasteiger partial charge in [0.1, 0.15) is 0 Å². The van der Waals surface area contributed by atoms with Gasteiger partial charge in [-0.25, -0.2) is 13.2 Å². The Bertz CT molecular complexity index is 1600. The molecule has 0 spiro atoms. The monoisotopic (exact) mass is 661 g/mol. The third-order valence-corrected chi connectivity index (χ3v) is 14.6. The highest BCUT2D eigenvalue weighted by Gasteiger charge is 2.58. The molecular formula is C35H47N7O4S. The van der Waals surface area contributed by atoms with Crippen molar-refractivity contribution in [1.29, 1.82) is 0 Å². The van der Waals surface area contributed by atoms with Gasteiger partial charge in [0.05, 0.1) is 16.6 Å². The molecule has 3 unspecified atom stereocenters. The summed E-state index contributed by atoms with van der Waals surface area (Å²) in [5.41, 5.74) is 9.57. The highest BCUT2D eigenvalue weighted by molar-refractivity contribution is 7.89. The lowest BCUT2D eigenvalue weighted by Crippen LogP contribution is -2.63. The molecule has 7 aliphatic rings. The van der Waals surface area contributed by atoms with Crippen LogP contribution in [0.25, 0.3) is 0 Å². The van der Waals surface area contributed by atoms with Gasteiger partial charge in [-0.2, -0.15) is 4.31 Å². The lowest BCUT2D eigenvalue weighted by Gasteiger charge is -2.59. The first-order valence-corrected chi connectivity index (χ1v) is 19.0. The number of carbonyl (C=O) groups excluding carboxylic acids is 2. The Morgan fingerprint density at radius 1 is 0.809 bits per heavy atom. The van der Waals surface area contributed by atoms with Gasteiger partial charge >= 0.3 is 6.03 Å². The first-order chi connectivity index (χ1) is 22.7. The van der Waals surface area contributed by atoms with Gasteiger partial charge in [-0.1, -0.05) is 12.1 Å². The summed E-state index contributed by atoms with van der Waals surface area (Å²) in [6, 6.07) is 16.6. The van der Waals surface area contributed by atoms with Gasteiger partial charge in [0, 0.05) is 62.1 Å². The second kappa shape index (κ2) is 12.0. The predicted octanol–water partition coefficient (Wildman–Crippen LogP) is 3.24. The molecule has 2 saturated heterocycles. The summed E-state index contributed by atoms with van der Waals surface area (Å²) in [7, 11) is -3.26. The molecule has 3 amide bonds. The van der Waals surface area contributed by atoms with E-state index in [0.717, 1.165) is 67.9 Å². The Balaban J connectivity index is 0.923. The third kappa shape index (κ3) is 5.46. The molecule has 4 N–H and O–H groups in total. The predicted molar refractivity (Wildman–Crippen MR) is 183 cm³/mol. The zero-order valence-corrected chi connectivity index (χ0v) is 27.8. The van der Waals surface area contributed by atoms with Crippen LogP contribution in [0, 0.1) is 23.2 Å². The van der Waals surface area contributed by atoms with Gasteiger partial charge < -0.3 is 26.2 Å². The van der Waals surface area contributed by atoms with Gasteiger partial charge in [0.25, 0.3) is 0 Å². The summed E-state index contributed by atoms with van der Waals surface area (Å²) in [5, 5.41) is 6.42. The van der Waals surface area contributed by atoms with Crippen molar-refractivity contribution in [3.63, 3.8) is 0 Å². The molecule has 0 aromatic heterocycles. The van der Waals surface area contributed by atoms with Crippen molar-refractivity contribution in [3.05, 3.63) is 48.5 Å². The Kier molecular flexibility index (Phi) is 7.88. The number of primary amides is 1. The van der Waals surface area contributed by atoms with Gasteiger partial charge in [-0.05, 0) is 112 Å². The lowest BCUT2D eigenvalue weighted by molar-refractivity contribution is -0.145. The first-order valence-electron chi connectivity index (χ1n) is 17.5. The quantitative estimate of drug-likeness (QED) is 0.433. The van der Waals surface area contributed by atoms with E-state index in [1.54, 1.807) is 4.31 Å². The van der Waals surface area contributed by atoms with Gasteiger partial charge in [-0.15, -0.1) is 0 Å². The van der Waals surface area contributed by atoms with E-state index in [0.29, 0.717) is 69.9 Å². The van der Waals surface area contributed by atoms with Crippen LogP contribution >= 0.6 is 0 Å². The van der Waals surface area contributed by atoms with Crippen LogP contribution in [0.3, 0.4) is 0 Å². The number of nitrogens with zero attached hydrogens (tertiary/aromatic N) is 4. The molecule has 12 heteroatoms. The summed E-state index contributed by atoms with van der Waals surface area (Å²) in [6.45, 7) is 5.14. The highest BCUT2D eigenvalue weighted by atomic mass is 32.2. The number of amides is 3. The second-order valence-corrected chi connectivity index (χ2v) is 17.0. The number of sulfonamides is 1. The Hall–Kier alpha value is -3.35. The molecule has 9 rings (SSSR count). The lowest BCUT2D eigenvalue weighted by atomic mass is 9.47. The van der Waals surface area contributed by atoms with Crippen LogP contribution in [-0.2, 0) is 14.8 Å². The summed E-state index contributed by atoms with van der Waals surface area (Å²) in [5.74, 6) is 1.03. The summed E-state index contributed by atoms with van der Waals surface area (Å²) < 4.78 is 28.1. The maximum absolute atomic E-state index is 13.9. The van der Waals surface area contributed by atoms with Crippen molar-refractivity contribution in [3.8, 4) is 0 Å². The summed E-state index contributed by atoms with van der Waals surface area (Å²) in [6.07, 6.45) is 6.04. The fourth-order valence-electron chi connectivity index (χ4n) is 9.97. The first kappa shape index (κ1) is 31.0. The average Bonchev–Trinajstić information content (AvgIpc) is 3.09. The zero-order chi connectivity index (χ0) is 32.3. The Labute approximate surface area is 277 Å². The van der Waals surface area contributed by atoms with Crippen molar-refractivity contribution < 1.29 is 18.0 Å². The van der Waals surface area contributed by atoms with Crippen LogP contribution in [-0.4, -0.2) is 88.3 Å². The number of nitrogens with two attached hydrogens (primary N) is 1. The van der Waals surface area contributed by atoms with Crippen molar-refractivity contribution in [2.45, 2.75) is 56.2 Å². The van der Waals surface area contributed by atoms with E-state index in [1.165, 1.54) is 0 Å². The number of benzene rings is 2. The minimum atomic E-state index is -3.26. The molecular weight excluding hydrogens is 614 g/mol. The third-order valence-electron chi connectivity index (χ3n) is 12.2. The largest absolute Gasteiger partial charge is 0.369 e. The average molecular weight is 662 g/mol. The van der Waals surface area contributed by atoms with E-state index in [1.807, 2.05) is 23.1 Å². The van der Waals surface area contributed by atoms with E-state index in [2.05, 4.69) is 50.8 Å². The molecule has 0 radical (unpaired) electrons. The van der Waals surface area contributed by atoms with Gasteiger partial charge in [-0.3, -0.25) is 9.69 Å². The Morgan fingerprint density at radius 3 is 2.11 bits per heavy atom. The van der Waals surface area contributed by atoms with Crippen molar-refractivity contribution in [1.82, 2.24) is 14.9 Å². The smallest absolute Gasteiger partial charge is 0.322 e. The summed E-state index contributed by atoms with van der Waals surface area (Å²) >= 11 is 0. The number of hydrogen-bond acceptors (Lipinski definition) is 7. The summed E-state index contributed by atoms with van der Waals surface area (Å²) in [4.78, 5) is 32.7. The molecule has 3 heterocycles.